The molecular formula is C12H16N2O. The molecule has 0 heterocycles. The first-order chi connectivity index (χ1) is 7.08. The Bertz CT molecular complexity index is 354. The van der Waals surface area contributed by atoms with Gasteiger partial charge in [-0.2, -0.15) is 0 Å². The zero-order chi connectivity index (χ0) is 11.3. The number of nitrogen functional groups attached to an aromatic ring is 1. The van der Waals surface area contributed by atoms with Crippen LogP contribution in [0.15, 0.2) is 36.4 Å². The summed E-state index contributed by atoms with van der Waals surface area (Å²) in [6.07, 6.45) is 0.382. The van der Waals surface area contributed by atoms with Crippen molar-refractivity contribution in [1.82, 2.24) is 5.32 Å². The van der Waals surface area contributed by atoms with E-state index < -0.39 is 0 Å². The van der Waals surface area contributed by atoms with Crippen molar-refractivity contribution in [3.8, 4) is 0 Å². The van der Waals surface area contributed by atoms with Crippen molar-refractivity contribution in [3.05, 3.63) is 42.0 Å². The maximum absolute atomic E-state index is 11.4. The summed E-state index contributed by atoms with van der Waals surface area (Å²) in [7, 11) is 0. The number of nitrogens with one attached hydrogen (secondary N) is 1. The van der Waals surface area contributed by atoms with Gasteiger partial charge in [-0.1, -0.05) is 24.3 Å². The predicted molar refractivity (Wildman–Crippen MR) is 62.4 cm³/mol. The first-order valence-electron chi connectivity index (χ1n) is 4.83. The molecule has 0 atom stereocenters. The van der Waals surface area contributed by atoms with E-state index in [-0.39, 0.29) is 5.91 Å². The zero-order valence-electron chi connectivity index (χ0n) is 8.92. The number of nitrogens with two attached hydrogens (primary N) is 1. The maximum Gasteiger partial charge on any atom is 0.224 e. The smallest absolute Gasteiger partial charge is 0.224 e. The van der Waals surface area contributed by atoms with Crippen LogP contribution in [0.1, 0.15) is 12.5 Å². The number of benzene rings is 1. The van der Waals surface area contributed by atoms with Gasteiger partial charge < -0.3 is 11.1 Å². The van der Waals surface area contributed by atoms with E-state index in [1.807, 2.05) is 19.1 Å². The van der Waals surface area contributed by atoms with E-state index in [0.717, 1.165) is 11.1 Å². The Kier molecular flexibility index (Phi) is 3.92. The molecule has 0 aliphatic carbocycles. The third kappa shape index (κ3) is 4.31. The molecule has 15 heavy (non-hydrogen) atoms. The second-order valence-corrected chi connectivity index (χ2v) is 3.65. The Morgan fingerprint density at radius 1 is 1.40 bits per heavy atom. The molecule has 1 amide bonds. The Morgan fingerprint density at radius 3 is 2.53 bits per heavy atom. The summed E-state index contributed by atoms with van der Waals surface area (Å²) < 4.78 is 0. The average Bonchev–Trinajstić information content (AvgIpc) is 2.19. The fourth-order valence-electron chi connectivity index (χ4n) is 1.13. The Labute approximate surface area is 90.0 Å². The normalized spacial score (nSPS) is 9.67. The molecule has 0 saturated carbocycles. The average molecular weight is 204 g/mol. The third-order valence-electron chi connectivity index (χ3n) is 1.93. The van der Waals surface area contributed by atoms with Crippen LogP contribution in [-0.2, 0) is 11.2 Å². The molecule has 3 N–H and O–H groups in total. The van der Waals surface area contributed by atoms with Gasteiger partial charge in [0.05, 0.1) is 6.42 Å². The quantitative estimate of drug-likeness (QED) is 0.577. The minimum absolute atomic E-state index is 0.00257. The summed E-state index contributed by atoms with van der Waals surface area (Å²) in [5.74, 6) is 0.00257. The van der Waals surface area contributed by atoms with Crippen molar-refractivity contribution >= 4 is 11.6 Å². The molecule has 0 aromatic heterocycles. The standard InChI is InChI=1S/C12H16N2O/c1-9(2)8-14-12(15)7-10-3-5-11(13)6-4-10/h3-6H,1,7-8,13H2,2H3,(H,14,15). The monoisotopic (exact) mass is 204 g/mol. The van der Waals surface area contributed by atoms with Gasteiger partial charge in [0.15, 0.2) is 0 Å². The van der Waals surface area contributed by atoms with Crippen LogP contribution < -0.4 is 11.1 Å². The second-order valence-electron chi connectivity index (χ2n) is 3.65. The van der Waals surface area contributed by atoms with Gasteiger partial charge in [0.2, 0.25) is 5.91 Å². The lowest BCUT2D eigenvalue weighted by molar-refractivity contribution is -0.120. The highest BCUT2D eigenvalue weighted by atomic mass is 16.1. The van der Waals surface area contributed by atoms with E-state index in [1.54, 1.807) is 12.1 Å². The molecule has 0 aliphatic heterocycles. The van der Waals surface area contributed by atoms with Gasteiger partial charge in [0.25, 0.3) is 0 Å². The molecule has 0 fully saturated rings. The van der Waals surface area contributed by atoms with Crippen molar-refractivity contribution in [3.63, 3.8) is 0 Å². The molecule has 0 radical (unpaired) electrons. The van der Waals surface area contributed by atoms with Crippen LogP contribution in [0.4, 0.5) is 5.69 Å². The van der Waals surface area contributed by atoms with Crippen LogP contribution in [0, 0.1) is 0 Å². The number of anilines is 1. The molecule has 1 aromatic rings. The second kappa shape index (κ2) is 5.20. The Morgan fingerprint density at radius 2 is 2.00 bits per heavy atom. The number of hydrogen-bond acceptors (Lipinski definition) is 2. The van der Waals surface area contributed by atoms with E-state index >= 15 is 0 Å². The highest BCUT2D eigenvalue weighted by Crippen LogP contribution is 2.05. The highest BCUT2D eigenvalue weighted by molar-refractivity contribution is 5.78. The van der Waals surface area contributed by atoms with Crippen molar-refractivity contribution in [2.45, 2.75) is 13.3 Å². The molecule has 1 aromatic carbocycles. The Balaban J connectivity index is 2.44. The molecule has 0 aliphatic rings. The summed E-state index contributed by atoms with van der Waals surface area (Å²) in [6, 6.07) is 7.30. The van der Waals surface area contributed by atoms with Crippen molar-refractivity contribution in [2.75, 3.05) is 12.3 Å². The summed E-state index contributed by atoms with van der Waals surface area (Å²) >= 11 is 0. The van der Waals surface area contributed by atoms with Crippen LogP contribution >= 0.6 is 0 Å². The van der Waals surface area contributed by atoms with Crippen LogP contribution in [0.3, 0.4) is 0 Å². The fraction of sp³-hybridized carbons (Fsp3) is 0.250. The molecule has 0 bridgehead atoms. The highest BCUT2D eigenvalue weighted by Gasteiger charge is 2.02. The van der Waals surface area contributed by atoms with Gasteiger partial charge in [-0.3, -0.25) is 4.79 Å². The van der Waals surface area contributed by atoms with E-state index in [0.29, 0.717) is 18.7 Å². The number of hydrogen-bond donors (Lipinski definition) is 2. The van der Waals surface area contributed by atoms with Gasteiger partial charge in [-0.15, -0.1) is 0 Å². The number of carbonyl (C=O) groups is 1. The van der Waals surface area contributed by atoms with Gasteiger partial charge in [0, 0.05) is 12.2 Å². The van der Waals surface area contributed by atoms with Gasteiger partial charge in [-0.05, 0) is 24.6 Å². The molecule has 3 heteroatoms. The lowest BCUT2D eigenvalue weighted by Crippen LogP contribution is -2.26. The van der Waals surface area contributed by atoms with E-state index in [2.05, 4.69) is 11.9 Å². The molecule has 80 valence electrons. The summed E-state index contributed by atoms with van der Waals surface area (Å²) in [6.45, 7) is 6.13. The SMILES string of the molecule is C=C(C)CNC(=O)Cc1ccc(N)cc1. The molecule has 3 nitrogen and oxygen atoms in total. The molecular weight excluding hydrogens is 188 g/mol. The summed E-state index contributed by atoms with van der Waals surface area (Å²) in [5.41, 5.74) is 8.16. The first kappa shape index (κ1) is 11.3. The zero-order valence-corrected chi connectivity index (χ0v) is 8.92. The topological polar surface area (TPSA) is 55.1 Å². The lowest BCUT2D eigenvalue weighted by Gasteiger charge is -2.04. The van der Waals surface area contributed by atoms with Crippen LogP contribution in [0.2, 0.25) is 0 Å². The number of rotatable bonds is 4. The van der Waals surface area contributed by atoms with Crippen LogP contribution in [0.25, 0.3) is 0 Å². The molecule has 0 spiro atoms. The van der Waals surface area contributed by atoms with Gasteiger partial charge in [0.1, 0.15) is 0 Å². The van der Waals surface area contributed by atoms with Crippen molar-refractivity contribution < 1.29 is 4.79 Å². The molecule has 1 rings (SSSR count). The van der Waals surface area contributed by atoms with Crippen LogP contribution in [0.5, 0.6) is 0 Å². The largest absolute Gasteiger partial charge is 0.399 e. The summed E-state index contributed by atoms with van der Waals surface area (Å²) in [4.78, 5) is 11.4. The van der Waals surface area contributed by atoms with Crippen molar-refractivity contribution in [1.29, 1.82) is 0 Å². The molecule has 0 unspecified atom stereocenters. The minimum Gasteiger partial charge on any atom is -0.399 e. The van der Waals surface area contributed by atoms with Gasteiger partial charge in [-0.25, -0.2) is 0 Å². The van der Waals surface area contributed by atoms with Crippen LogP contribution in [-0.4, -0.2) is 12.5 Å². The van der Waals surface area contributed by atoms with E-state index in [9.17, 15) is 4.79 Å². The lowest BCUT2D eigenvalue weighted by atomic mass is 10.1. The molecule has 0 saturated heterocycles. The summed E-state index contributed by atoms with van der Waals surface area (Å²) in [5, 5.41) is 2.78. The maximum atomic E-state index is 11.4. The fourth-order valence-corrected chi connectivity index (χ4v) is 1.13. The van der Waals surface area contributed by atoms with E-state index in [4.69, 9.17) is 5.73 Å². The Hall–Kier alpha value is -1.77. The van der Waals surface area contributed by atoms with Crippen molar-refractivity contribution in [2.24, 2.45) is 0 Å². The third-order valence-corrected chi connectivity index (χ3v) is 1.93. The van der Waals surface area contributed by atoms with E-state index in [1.165, 1.54) is 0 Å². The first-order valence-corrected chi connectivity index (χ1v) is 4.83. The minimum atomic E-state index is 0.00257. The van der Waals surface area contributed by atoms with Gasteiger partial charge >= 0.3 is 0 Å². The predicted octanol–water partition coefficient (Wildman–Crippen LogP) is 1.50. The number of carbonyl (C=O) groups excluding carboxylic acids is 1. The number of amides is 1.